The highest BCUT2D eigenvalue weighted by Crippen LogP contribution is 2.25. The lowest BCUT2D eigenvalue weighted by Gasteiger charge is -2.23. The van der Waals surface area contributed by atoms with Crippen LogP contribution in [-0.4, -0.2) is 34.2 Å². The van der Waals surface area contributed by atoms with Gasteiger partial charge < -0.3 is 10.4 Å². The van der Waals surface area contributed by atoms with Crippen LogP contribution in [0.1, 0.15) is 19.5 Å². The number of nitrogens with one attached hydrogen (secondary N) is 1. The van der Waals surface area contributed by atoms with Crippen molar-refractivity contribution in [1.82, 2.24) is 4.98 Å². The van der Waals surface area contributed by atoms with Crippen LogP contribution in [0.25, 0.3) is 10.9 Å². The van der Waals surface area contributed by atoms with Crippen molar-refractivity contribution in [3.63, 3.8) is 0 Å². The third-order valence-corrected chi connectivity index (χ3v) is 4.72. The molecule has 2 aromatic rings. The SMILES string of the molecule is CCc1cc(NC(C)C(CO)SC)c2ccccc2n1. The summed E-state index contributed by atoms with van der Waals surface area (Å²) in [7, 11) is 0. The number of pyridine rings is 1. The summed E-state index contributed by atoms with van der Waals surface area (Å²) in [6.07, 6.45) is 2.95. The van der Waals surface area contributed by atoms with Gasteiger partial charge in [0.2, 0.25) is 0 Å². The molecule has 2 unspecified atom stereocenters. The molecule has 0 saturated carbocycles. The maximum atomic E-state index is 9.42. The van der Waals surface area contributed by atoms with Gasteiger partial charge in [-0.25, -0.2) is 0 Å². The zero-order chi connectivity index (χ0) is 14.5. The predicted molar refractivity (Wildman–Crippen MR) is 88.6 cm³/mol. The van der Waals surface area contributed by atoms with Crippen LogP contribution in [0.2, 0.25) is 0 Å². The molecule has 0 radical (unpaired) electrons. The van der Waals surface area contributed by atoms with Gasteiger partial charge in [-0.15, -0.1) is 0 Å². The summed E-state index contributed by atoms with van der Waals surface area (Å²) in [5.41, 5.74) is 3.21. The Morgan fingerprint density at radius 2 is 2.10 bits per heavy atom. The summed E-state index contributed by atoms with van der Waals surface area (Å²) >= 11 is 1.68. The number of benzene rings is 1. The van der Waals surface area contributed by atoms with Gasteiger partial charge in [0.25, 0.3) is 0 Å². The first-order chi connectivity index (χ1) is 9.69. The Morgan fingerprint density at radius 1 is 1.35 bits per heavy atom. The van der Waals surface area contributed by atoms with E-state index in [-0.39, 0.29) is 17.9 Å². The van der Waals surface area contributed by atoms with E-state index in [1.165, 1.54) is 0 Å². The Labute approximate surface area is 124 Å². The maximum absolute atomic E-state index is 9.42. The molecule has 0 aliphatic rings. The van der Waals surface area contributed by atoms with E-state index in [4.69, 9.17) is 0 Å². The van der Waals surface area contributed by atoms with Gasteiger partial charge in [-0.2, -0.15) is 11.8 Å². The van der Waals surface area contributed by atoms with E-state index in [0.29, 0.717) is 0 Å². The van der Waals surface area contributed by atoms with E-state index < -0.39 is 0 Å². The van der Waals surface area contributed by atoms with Crippen molar-refractivity contribution in [2.24, 2.45) is 0 Å². The summed E-state index contributed by atoms with van der Waals surface area (Å²) in [6.45, 7) is 4.40. The van der Waals surface area contributed by atoms with Gasteiger partial charge >= 0.3 is 0 Å². The highest BCUT2D eigenvalue weighted by molar-refractivity contribution is 7.99. The number of aromatic nitrogens is 1. The number of para-hydroxylation sites is 1. The number of aliphatic hydroxyl groups excluding tert-OH is 1. The molecular weight excluding hydrogens is 268 g/mol. The molecule has 3 nitrogen and oxygen atoms in total. The second kappa shape index (κ2) is 6.95. The molecule has 20 heavy (non-hydrogen) atoms. The Kier molecular flexibility index (Phi) is 5.26. The molecule has 2 N–H and O–H groups in total. The molecule has 0 fully saturated rings. The molecule has 0 aliphatic heterocycles. The van der Waals surface area contributed by atoms with Crippen LogP contribution in [0.4, 0.5) is 5.69 Å². The van der Waals surface area contributed by atoms with Crippen molar-refractivity contribution in [3.8, 4) is 0 Å². The van der Waals surface area contributed by atoms with Gasteiger partial charge in [-0.1, -0.05) is 25.1 Å². The minimum absolute atomic E-state index is 0.180. The van der Waals surface area contributed by atoms with Crippen molar-refractivity contribution < 1.29 is 5.11 Å². The molecule has 1 heterocycles. The molecule has 1 aromatic carbocycles. The van der Waals surface area contributed by atoms with Gasteiger partial charge in [0.15, 0.2) is 0 Å². The number of thioether (sulfide) groups is 1. The first-order valence-corrected chi connectivity index (χ1v) is 8.27. The molecular formula is C16H22N2OS. The third kappa shape index (κ3) is 3.25. The standard InChI is InChI=1S/C16H22N2OS/c1-4-12-9-15(17-11(2)16(10-19)20-3)13-7-5-6-8-14(13)18-12/h5-9,11,16,19H,4,10H2,1-3H3,(H,17,18). The fourth-order valence-electron chi connectivity index (χ4n) is 2.31. The average molecular weight is 290 g/mol. The largest absolute Gasteiger partial charge is 0.395 e. The van der Waals surface area contributed by atoms with Crippen LogP contribution in [0.5, 0.6) is 0 Å². The minimum Gasteiger partial charge on any atom is -0.395 e. The third-order valence-electron chi connectivity index (χ3n) is 3.56. The predicted octanol–water partition coefficient (Wildman–Crippen LogP) is 3.32. The van der Waals surface area contributed by atoms with Gasteiger partial charge in [-0.05, 0) is 31.7 Å². The van der Waals surface area contributed by atoms with E-state index in [9.17, 15) is 5.11 Å². The van der Waals surface area contributed by atoms with Crippen LogP contribution < -0.4 is 5.32 Å². The Bertz CT molecular complexity index is 569. The number of aliphatic hydroxyl groups is 1. The first kappa shape index (κ1) is 15.1. The minimum atomic E-state index is 0.180. The van der Waals surface area contributed by atoms with Gasteiger partial charge in [-0.3, -0.25) is 4.98 Å². The van der Waals surface area contributed by atoms with Crippen LogP contribution in [-0.2, 0) is 6.42 Å². The van der Waals surface area contributed by atoms with E-state index in [2.05, 4.69) is 36.3 Å². The summed E-state index contributed by atoms with van der Waals surface area (Å²) in [4.78, 5) is 4.65. The van der Waals surface area contributed by atoms with Crippen molar-refractivity contribution >= 4 is 28.4 Å². The second-order valence-corrected chi connectivity index (χ2v) is 6.00. The molecule has 2 atom stereocenters. The molecule has 0 saturated heterocycles. The quantitative estimate of drug-likeness (QED) is 0.856. The fraction of sp³-hybridized carbons (Fsp3) is 0.438. The molecule has 0 aliphatic carbocycles. The topological polar surface area (TPSA) is 45.1 Å². The molecule has 4 heteroatoms. The highest BCUT2D eigenvalue weighted by atomic mass is 32.2. The van der Waals surface area contributed by atoms with Gasteiger partial charge in [0, 0.05) is 28.1 Å². The van der Waals surface area contributed by atoms with Crippen molar-refractivity contribution in [2.45, 2.75) is 31.6 Å². The van der Waals surface area contributed by atoms with E-state index in [1.807, 2.05) is 24.5 Å². The van der Waals surface area contributed by atoms with E-state index in [1.54, 1.807) is 11.8 Å². The molecule has 0 bridgehead atoms. The monoisotopic (exact) mass is 290 g/mol. The normalized spacial score (nSPS) is 14.2. The highest BCUT2D eigenvalue weighted by Gasteiger charge is 2.16. The fourth-order valence-corrected chi connectivity index (χ4v) is 2.93. The van der Waals surface area contributed by atoms with Crippen molar-refractivity contribution in [3.05, 3.63) is 36.0 Å². The summed E-state index contributed by atoms with van der Waals surface area (Å²) < 4.78 is 0. The molecule has 108 valence electrons. The number of hydrogen-bond donors (Lipinski definition) is 2. The Hall–Kier alpha value is -1.26. The maximum Gasteiger partial charge on any atom is 0.0726 e. The zero-order valence-electron chi connectivity index (χ0n) is 12.3. The molecule has 0 amide bonds. The number of rotatable bonds is 6. The summed E-state index contributed by atoms with van der Waals surface area (Å²) in [5.74, 6) is 0. The van der Waals surface area contributed by atoms with Crippen LogP contribution in [0.15, 0.2) is 30.3 Å². The molecule has 1 aromatic heterocycles. The number of fused-ring (bicyclic) bond motifs is 1. The average Bonchev–Trinajstić information content (AvgIpc) is 2.48. The number of anilines is 1. The van der Waals surface area contributed by atoms with Gasteiger partial charge in [0.1, 0.15) is 0 Å². The number of aryl methyl sites for hydroxylation is 1. The van der Waals surface area contributed by atoms with Crippen LogP contribution in [0.3, 0.4) is 0 Å². The van der Waals surface area contributed by atoms with E-state index >= 15 is 0 Å². The van der Waals surface area contributed by atoms with Crippen molar-refractivity contribution in [1.29, 1.82) is 0 Å². The smallest absolute Gasteiger partial charge is 0.0726 e. The van der Waals surface area contributed by atoms with Crippen LogP contribution in [0, 0.1) is 0 Å². The van der Waals surface area contributed by atoms with E-state index in [0.717, 1.165) is 28.7 Å². The summed E-state index contributed by atoms with van der Waals surface area (Å²) in [6, 6.07) is 10.5. The Balaban J connectivity index is 2.37. The number of hydrogen-bond acceptors (Lipinski definition) is 4. The zero-order valence-corrected chi connectivity index (χ0v) is 13.1. The lowest BCUT2D eigenvalue weighted by atomic mass is 10.1. The second-order valence-electron chi connectivity index (χ2n) is 4.92. The van der Waals surface area contributed by atoms with Gasteiger partial charge in [0.05, 0.1) is 12.1 Å². The summed E-state index contributed by atoms with van der Waals surface area (Å²) in [5, 5.41) is 14.3. The lowest BCUT2D eigenvalue weighted by Crippen LogP contribution is -2.31. The van der Waals surface area contributed by atoms with Crippen molar-refractivity contribution in [2.75, 3.05) is 18.2 Å². The first-order valence-electron chi connectivity index (χ1n) is 6.98. The van der Waals surface area contributed by atoms with Crippen LogP contribution >= 0.6 is 11.8 Å². The Morgan fingerprint density at radius 3 is 2.75 bits per heavy atom. The number of nitrogens with zero attached hydrogens (tertiary/aromatic N) is 1. The molecule has 2 rings (SSSR count). The lowest BCUT2D eigenvalue weighted by molar-refractivity contribution is 0.288. The molecule has 0 spiro atoms.